The van der Waals surface area contributed by atoms with Gasteiger partial charge in [-0.1, -0.05) is 0 Å². The van der Waals surface area contributed by atoms with E-state index in [1.807, 2.05) is 6.92 Å². The lowest BCUT2D eigenvalue weighted by molar-refractivity contribution is -0.116. The highest BCUT2D eigenvalue weighted by molar-refractivity contribution is 6.05. The Labute approximate surface area is 76.0 Å². The van der Waals surface area contributed by atoms with E-state index in [0.29, 0.717) is 0 Å². The van der Waals surface area contributed by atoms with Gasteiger partial charge in [0.05, 0.1) is 6.42 Å². The number of aryl methyl sites for hydroxylation is 1. The molecule has 0 saturated carbocycles. The van der Waals surface area contributed by atoms with Gasteiger partial charge in [-0.25, -0.2) is 9.97 Å². The first kappa shape index (κ1) is 9.51. The topological polar surface area (TPSA) is 59.9 Å². The lowest BCUT2D eigenvalue weighted by atomic mass is 10.2. The molecule has 0 saturated heterocycles. The van der Waals surface area contributed by atoms with Crippen molar-refractivity contribution in [1.82, 2.24) is 9.97 Å². The van der Waals surface area contributed by atoms with Gasteiger partial charge in [0.2, 0.25) is 5.78 Å². The van der Waals surface area contributed by atoms with E-state index in [4.69, 9.17) is 0 Å². The molecule has 13 heavy (non-hydrogen) atoms. The van der Waals surface area contributed by atoms with E-state index >= 15 is 0 Å². The van der Waals surface area contributed by atoms with Crippen LogP contribution in [0.5, 0.6) is 0 Å². The molecule has 0 unspecified atom stereocenters. The summed E-state index contributed by atoms with van der Waals surface area (Å²) in [6.07, 6.45) is 2.99. The van der Waals surface area contributed by atoms with Crippen molar-refractivity contribution >= 4 is 11.6 Å². The normalized spacial score (nSPS) is 9.69. The molecule has 1 aromatic rings. The maximum atomic E-state index is 11.2. The maximum Gasteiger partial charge on any atom is 0.207 e. The van der Waals surface area contributed by atoms with E-state index in [1.165, 1.54) is 6.92 Å². The molecule has 0 aromatic carbocycles. The molecule has 4 nitrogen and oxygen atoms in total. The zero-order valence-electron chi connectivity index (χ0n) is 7.57. The van der Waals surface area contributed by atoms with Crippen molar-refractivity contribution in [3.05, 3.63) is 23.8 Å². The lowest BCUT2D eigenvalue weighted by Gasteiger charge is -1.96. The third-order valence-electron chi connectivity index (χ3n) is 1.44. The van der Waals surface area contributed by atoms with Crippen molar-refractivity contribution in [2.24, 2.45) is 0 Å². The van der Waals surface area contributed by atoms with Gasteiger partial charge >= 0.3 is 0 Å². The summed E-state index contributed by atoms with van der Waals surface area (Å²) >= 11 is 0. The summed E-state index contributed by atoms with van der Waals surface area (Å²) in [4.78, 5) is 29.5. The van der Waals surface area contributed by atoms with Crippen LogP contribution < -0.4 is 0 Å². The van der Waals surface area contributed by atoms with Crippen LogP contribution in [0.3, 0.4) is 0 Å². The van der Waals surface area contributed by atoms with Crippen LogP contribution in [0.25, 0.3) is 0 Å². The number of carbonyl (C=O) groups is 2. The van der Waals surface area contributed by atoms with Crippen molar-refractivity contribution in [2.45, 2.75) is 20.3 Å². The van der Waals surface area contributed by atoms with E-state index in [2.05, 4.69) is 9.97 Å². The van der Waals surface area contributed by atoms with Gasteiger partial charge < -0.3 is 0 Å². The average Bonchev–Trinajstić information content (AvgIpc) is 2.04. The minimum atomic E-state index is -0.326. The summed E-state index contributed by atoms with van der Waals surface area (Å²) in [6, 6.07) is 0. The molecule has 0 fully saturated rings. The fourth-order valence-electron chi connectivity index (χ4n) is 0.842. The minimum absolute atomic E-state index is 0.112. The number of hydrogen-bond donors (Lipinski definition) is 0. The molecule has 1 aromatic heterocycles. The number of ketones is 2. The molecule has 0 atom stereocenters. The largest absolute Gasteiger partial charge is 0.300 e. The SMILES string of the molecule is CC(=O)CC(=O)c1ncc(C)cn1. The van der Waals surface area contributed by atoms with Crippen molar-refractivity contribution in [3.8, 4) is 0 Å². The first-order chi connectivity index (χ1) is 6.09. The van der Waals surface area contributed by atoms with E-state index in [9.17, 15) is 9.59 Å². The molecule has 0 aliphatic rings. The third-order valence-corrected chi connectivity index (χ3v) is 1.44. The average molecular weight is 178 g/mol. The first-order valence-electron chi connectivity index (χ1n) is 3.91. The lowest BCUT2D eigenvalue weighted by Crippen LogP contribution is -2.09. The van der Waals surface area contributed by atoms with Gasteiger partial charge in [0.15, 0.2) is 5.82 Å². The van der Waals surface area contributed by atoms with Gasteiger partial charge in [0.25, 0.3) is 0 Å². The Bertz CT molecular complexity index is 330. The molecule has 0 bridgehead atoms. The summed E-state index contributed by atoms with van der Waals surface area (Å²) in [6.45, 7) is 3.20. The zero-order valence-corrected chi connectivity index (χ0v) is 7.57. The second kappa shape index (κ2) is 3.89. The second-order valence-electron chi connectivity index (χ2n) is 2.89. The number of aromatic nitrogens is 2. The molecular formula is C9H10N2O2. The molecule has 0 aliphatic carbocycles. The van der Waals surface area contributed by atoms with Crippen molar-refractivity contribution in [2.75, 3.05) is 0 Å². The minimum Gasteiger partial charge on any atom is -0.300 e. The third kappa shape index (κ3) is 2.74. The highest BCUT2D eigenvalue weighted by Gasteiger charge is 2.10. The summed E-state index contributed by atoms with van der Waals surface area (Å²) in [5.41, 5.74) is 0.888. The van der Waals surface area contributed by atoms with Crippen LogP contribution in [0.4, 0.5) is 0 Å². The Morgan fingerprint density at radius 3 is 2.31 bits per heavy atom. The van der Waals surface area contributed by atoms with Crippen LogP contribution in [0.15, 0.2) is 12.4 Å². The predicted octanol–water partition coefficient (Wildman–Crippen LogP) is 0.947. The summed E-state index contributed by atoms with van der Waals surface area (Å²) in [7, 11) is 0. The van der Waals surface area contributed by atoms with E-state index < -0.39 is 0 Å². The van der Waals surface area contributed by atoms with Gasteiger partial charge in [0, 0.05) is 12.4 Å². The van der Waals surface area contributed by atoms with E-state index in [-0.39, 0.29) is 23.8 Å². The van der Waals surface area contributed by atoms with Gasteiger partial charge in [0.1, 0.15) is 5.78 Å². The highest BCUT2D eigenvalue weighted by atomic mass is 16.1. The highest BCUT2D eigenvalue weighted by Crippen LogP contribution is 1.98. The molecule has 0 N–H and O–H groups in total. The molecule has 68 valence electrons. The van der Waals surface area contributed by atoms with Crippen LogP contribution in [0.2, 0.25) is 0 Å². The van der Waals surface area contributed by atoms with Crippen molar-refractivity contribution < 1.29 is 9.59 Å². The Kier molecular flexibility index (Phi) is 2.84. The molecular weight excluding hydrogens is 168 g/mol. The quantitative estimate of drug-likeness (QED) is 0.510. The number of rotatable bonds is 3. The predicted molar refractivity (Wildman–Crippen MR) is 46.4 cm³/mol. The van der Waals surface area contributed by atoms with E-state index in [1.54, 1.807) is 12.4 Å². The van der Waals surface area contributed by atoms with Crippen LogP contribution in [-0.2, 0) is 4.79 Å². The number of hydrogen-bond acceptors (Lipinski definition) is 4. The van der Waals surface area contributed by atoms with E-state index in [0.717, 1.165) is 5.56 Å². The van der Waals surface area contributed by atoms with Crippen LogP contribution in [0.1, 0.15) is 29.5 Å². The van der Waals surface area contributed by atoms with Crippen LogP contribution >= 0.6 is 0 Å². The standard InChI is InChI=1S/C9H10N2O2/c1-6-4-10-9(11-5-6)8(13)3-7(2)12/h4-5H,3H2,1-2H3. The summed E-state index contributed by atoms with van der Waals surface area (Å²) in [5.74, 6) is -0.387. The van der Waals surface area contributed by atoms with Gasteiger partial charge in [-0.2, -0.15) is 0 Å². The molecule has 0 spiro atoms. The summed E-state index contributed by atoms with van der Waals surface area (Å²) < 4.78 is 0. The smallest absolute Gasteiger partial charge is 0.207 e. The Balaban J connectivity index is 2.78. The van der Waals surface area contributed by atoms with Gasteiger partial charge in [-0.05, 0) is 19.4 Å². The fourth-order valence-corrected chi connectivity index (χ4v) is 0.842. The molecule has 4 heteroatoms. The molecule has 1 heterocycles. The Morgan fingerprint density at radius 2 is 1.85 bits per heavy atom. The first-order valence-corrected chi connectivity index (χ1v) is 3.91. The number of nitrogens with zero attached hydrogens (tertiary/aromatic N) is 2. The molecule has 0 radical (unpaired) electrons. The molecule has 0 aliphatic heterocycles. The van der Waals surface area contributed by atoms with Crippen LogP contribution in [-0.4, -0.2) is 21.5 Å². The Morgan fingerprint density at radius 1 is 1.31 bits per heavy atom. The molecule has 0 amide bonds. The zero-order chi connectivity index (χ0) is 9.84. The van der Waals surface area contributed by atoms with Crippen molar-refractivity contribution in [3.63, 3.8) is 0 Å². The van der Waals surface area contributed by atoms with Crippen molar-refractivity contribution in [1.29, 1.82) is 0 Å². The fraction of sp³-hybridized carbons (Fsp3) is 0.333. The maximum absolute atomic E-state index is 11.2. The summed E-state index contributed by atoms with van der Waals surface area (Å²) in [5, 5.41) is 0. The van der Waals surface area contributed by atoms with Gasteiger partial charge in [-0.15, -0.1) is 0 Å². The number of carbonyl (C=O) groups excluding carboxylic acids is 2. The second-order valence-corrected chi connectivity index (χ2v) is 2.89. The Hall–Kier alpha value is -1.58. The number of Topliss-reactive ketones (excluding diaryl/α,β-unsaturated/α-hetero) is 2. The van der Waals surface area contributed by atoms with Crippen LogP contribution in [0, 0.1) is 6.92 Å². The van der Waals surface area contributed by atoms with Gasteiger partial charge in [-0.3, -0.25) is 9.59 Å². The monoisotopic (exact) mass is 178 g/mol. The molecule has 1 rings (SSSR count).